The van der Waals surface area contributed by atoms with E-state index in [2.05, 4.69) is 11.1 Å². The van der Waals surface area contributed by atoms with Gasteiger partial charge in [-0.25, -0.2) is 0 Å². The molecule has 1 atom stereocenters. The van der Waals surface area contributed by atoms with Crippen LogP contribution < -0.4 is 0 Å². The molecule has 0 saturated heterocycles. The molecule has 2 nitrogen and oxygen atoms in total. The van der Waals surface area contributed by atoms with Crippen molar-refractivity contribution in [3.8, 4) is 6.07 Å². The first-order valence-corrected chi connectivity index (χ1v) is 5.64. The summed E-state index contributed by atoms with van der Waals surface area (Å²) < 4.78 is 0. The Morgan fingerprint density at radius 1 is 1.56 bits per heavy atom. The molecule has 82 valence electrons. The lowest BCUT2D eigenvalue weighted by atomic mass is 9.73. The molecular weight excluding hydrogens is 220 g/mol. The lowest BCUT2D eigenvalue weighted by Gasteiger charge is -2.31. The third-order valence-corrected chi connectivity index (χ3v) is 3.39. The molecule has 1 unspecified atom stereocenters. The van der Waals surface area contributed by atoms with Crippen LogP contribution in [0.3, 0.4) is 0 Å². The third-order valence-electron chi connectivity index (χ3n) is 3.01. The largest absolute Gasteiger partial charge is 0.261 e. The van der Waals surface area contributed by atoms with Crippen LogP contribution in [0.1, 0.15) is 31.0 Å². The van der Waals surface area contributed by atoms with Gasteiger partial charge in [-0.3, -0.25) is 4.98 Å². The Kier molecular flexibility index (Phi) is 2.73. The Balaban J connectivity index is 2.55. The summed E-state index contributed by atoms with van der Waals surface area (Å²) in [6.45, 7) is 3.83. The summed E-state index contributed by atoms with van der Waals surface area (Å²) in [4.78, 5) is 4.34. The highest BCUT2D eigenvalue weighted by molar-refractivity contribution is 6.30. The second-order valence-electron chi connectivity index (χ2n) is 4.60. The van der Waals surface area contributed by atoms with E-state index >= 15 is 0 Å². The number of nitriles is 1. The third kappa shape index (κ3) is 1.72. The summed E-state index contributed by atoms with van der Waals surface area (Å²) >= 11 is 6.26. The summed E-state index contributed by atoms with van der Waals surface area (Å²) in [5.74, 6) is -0.0587. The van der Waals surface area contributed by atoms with Crippen LogP contribution >= 0.6 is 11.6 Å². The molecule has 2 rings (SSSR count). The van der Waals surface area contributed by atoms with Gasteiger partial charge in [0, 0.05) is 29.3 Å². The van der Waals surface area contributed by atoms with Crippen LogP contribution in [0.4, 0.5) is 0 Å². The van der Waals surface area contributed by atoms with Crippen molar-refractivity contribution in [1.82, 2.24) is 4.98 Å². The molecule has 0 radical (unpaired) electrons. The average Bonchev–Trinajstić information content (AvgIpc) is 2.28. The predicted octanol–water partition coefficient (Wildman–Crippen LogP) is 3.39. The quantitative estimate of drug-likeness (QED) is 0.744. The smallest absolute Gasteiger partial charge is 0.0694 e. The Morgan fingerprint density at radius 3 is 3.00 bits per heavy atom. The maximum Gasteiger partial charge on any atom is 0.0694 e. The van der Waals surface area contributed by atoms with Gasteiger partial charge in [-0.15, -0.1) is 0 Å². The molecular formula is C13H13ClN2. The van der Waals surface area contributed by atoms with Crippen molar-refractivity contribution in [3.05, 3.63) is 40.7 Å². The van der Waals surface area contributed by atoms with E-state index in [-0.39, 0.29) is 5.92 Å². The van der Waals surface area contributed by atoms with Crippen molar-refractivity contribution in [3.63, 3.8) is 0 Å². The van der Waals surface area contributed by atoms with Crippen LogP contribution in [-0.4, -0.2) is 4.98 Å². The minimum absolute atomic E-state index is 0.0587. The van der Waals surface area contributed by atoms with Crippen molar-refractivity contribution in [2.75, 3.05) is 0 Å². The fraction of sp³-hybridized carbons (Fsp3) is 0.385. The van der Waals surface area contributed by atoms with E-state index in [0.29, 0.717) is 0 Å². The van der Waals surface area contributed by atoms with Gasteiger partial charge in [0.2, 0.25) is 0 Å². The summed E-state index contributed by atoms with van der Waals surface area (Å²) in [5.41, 5.74) is 1.60. The molecule has 0 spiro atoms. The first kappa shape index (κ1) is 11.2. The summed E-state index contributed by atoms with van der Waals surface area (Å²) in [6, 6.07) is 6.24. The highest BCUT2D eigenvalue weighted by Gasteiger charge is 2.36. The van der Waals surface area contributed by atoms with E-state index in [1.807, 2.05) is 32.1 Å². The molecule has 1 aliphatic carbocycles. The lowest BCUT2D eigenvalue weighted by Crippen LogP contribution is -2.24. The molecule has 0 N–H and O–H groups in total. The minimum Gasteiger partial charge on any atom is -0.261 e. The topological polar surface area (TPSA) is 36.7 Å². The fourth-order valence-electron chi connectivity index (χ4n) is 2.14. The van der Waals surface area contributed by atoms with E-state index in [0.717, 1.165) is 22.7 Å². The summed E-state index contributed by atoms with van der Waals surface area (Å²) in [5, 5.41) is 9.99. The number of nitrogens with zero attached hydrogens (tertiary/aromatic N) is 2. The predicted molar refractivity (Wildman–Crippen MR) is 64.0 cm³/mol. The number of hydrogen-bond donors (Lipinski definition) is 0. The minimum atomic E-state index is -0.508. The van der Waals surface area contributed by atoms with Crippen LogP contribution in [0.15, 0.2) is 29.4 Å². The van der Waals surface area contributed by atoms with Crippen LogP contribution in [0.25, 0.3) is 0 Å². The standard InChI is InChI=1S/C13H13ClN2/c1-13(2,8-15)12-9-4-3-7-16-11(9)6-5-10(12)14/h3-5,7,12H,6H2,1-2H3. The number of fused-ring (bicyclic) bond motifs is 1. The summed E-state index contributed by atoms with van der Waals surface area (Å²) in [7, 11) is 0. The molecule has 0 amide bonds. The van der Waals surface area contributed by atoms with Gasteiger partial charge < -0.3 is 0 Å². The van der Waals surface area contributed by atoms with Gasteiger partial charge in [-0.2, -0.15) is 5.26 Å². The van der Waals surface area contributed by atoms with E-state index in [4.69, 9.17) is 11.6 Å². The first-order valence-electron chi connectivity index (χ1n) is 5.27. The van der Waals surface area contributed by atoms with Gasteiger partial charge in [0.05, 0.1) is 11.5 Å². The zero-order valence-electron chi connectivity index (χ0n) is 9.37. The van der Waals surface area contributed by atoms with Crippen LogP contribution in [-0.2, 0) is 6.42 Å². The highest BCUT2D eigenvalue weighted by atomic mass is 35.5. The zero-order valence-corrected chi connectivity index (χ0v) is 10.1. The van der Waals surface area contributed by atoms with Gasteiger partial charge in [-0.05, 0) is 25.5 Å². The lowest BCUT2D eigenvalue weighted by molar-refractivity contribution is 0.428. The van der Waals surface area contributed by atoms with Gasteiger partial charge in [0.15, 0.2) is 0 Å². The SMILES string of the molecule is CC(C)(C#N)C1C(Cl)=CCc2ncccc21. The Hall–Kier alpha value is -1.33. The van der Waals surface area contributed by atoms with Crippen LogP contribution in [0.5, 0.6) is 0 Å². The molecule has 3 heteroatoms. The van der Waals surface area contributed by atoms with Gasteiger partial charge in [-0.1, -0.05) is 23.7 Å². The second-order valence-corrected chi connectivity index (χ2v) is 5.04. The van der Waals surface area contributed by atoms with Crippen LogP contribution in [0.2, 0.25) is 0 Å². The molecule has 16 heavy (non-hydrogen) atoms. The number of pyridine rings is 1. The second kappa shape index (κ2) is 3.92. The maximum atomic E-state index is 9.23. The van der Waals surface area contributed by atoms with Gasteiger partial charge >= 0.3 is 0 Å². The van der Waals surface area contributed by atoms with Crippen molar-refractivity contribution in [2.24, 2.45) is 5.41 Å². The molecule has 0 fully saturated rings. The molecule has 0 aromatic carbocycles. The van der Waals surface area contributed by atoms with Crippen molar-refractivity contribution < 1.29 is 0 Å². The maximum absolute atomic E-state index is 9.23. The molecule has 1 aliphatic rings. The van der Waals surface area contributed by atoms with Gasteiger partial charge in [0.25, 0.3) is 0 Å². The molecule has 0 bridgehead atoms. The molecule has 1 aromatic rings. The average molecular weight is 233 g/mol. The molecule has 0 saturated carbocycles. The normalized spacial score (nSPS) is 19.6. The van der Waals surface area contributed by atoms with Gasteiger partial charge in [0.1, 0.15) is 0 Å². The van der Waals surface area contributed by atoms with E-state index < -0.39 is 5.41 Å². The Bertz CT molecular complexity index is 483. The number of rotatable bonds is 1. The molecule has 0 aliphatic heterocycles. The number of hydrogen-bond acceptors (Lipinski definition) is 2. The Morgan fingerprint density at radius 2 is 2.31 bits per heavy atom. The van der Waals surface area contributed by atoms with Crippen molar-refractivity contribution >= 4 is 11.6 Å². The van der Waals surface area contributed by atoms with Crippen molar-refractivity contribution in [1.29, 1.82) is 5.26 Å². The Labute approximate surface area is 101 Å². The van der Waals surface area contributed by atoms with E-state index in [1.165, 1.54) is 0 Å². The highest BCUT2D eigenvalue weighted by Crippen LogP contribution is 2.45. The molecule has 1 aromatic heterocycles. The molecule has 1 heterocycles. The van der Waals surface area contributed by atoms with E-state index in [1.54, 1.807) is 6.20 Å². The zero-order chi connectivity index (χ0) is 11.8. The van der Waals surface area contributed by atoms with Crippen molar-refractivity contribution in [2.45, 2.75) is 26.2 Å². The van der Waals surface area contributed by atoms with E-state index in [9.17, 15) is 5.26 Å². The number of allylic oxidation sites excluding steroid dienone is 2. The monoisotopic (exact) mass is 232 g/mol. The number of aromatic nitrogens is 1. The first-order chi connectivity index (χ1) is 7.56. The fourth-order valence-corrected chi connectivity index (χ4v) is 2.61. The number of halogens is 1. The van der Waals surface area contributed by atoms with Crippen LogP contribution in [0, 0.1) is 16.7 Å². The summed E-state index contributed by atoms with van der Waals surface area (Å²) in [6.07, 6.45) is 4.50.